The van der Waals surface area contributed by atoms with Crippen LogP contribution in [-0.4, -0.2) is 0 Å². The molecule has 0 aromatic carbocycles. The Morgan fingerprint density at radius 1 is 0.923 bits per heavy atom. The summed E-state index contributed by atoms with van der Waals surface area (Å²) in [6.45, 7) is 6.10. The van der Waals surface area contributed by atoms with Gasteiger partial charge < -0.3 is 0 Å². The minimum Gasteiger partial charge on any atom is -0.0889 e. The second kappa shape index (κ2) is 10.3. The van der Waals surface area contributed by atoms with Crippen LogP contribution in [0.15, 0.2) is 11.1 Å². The number of halogens is 1. The molecule has 13 heavy (non-hydrogen) atoms. The normalized spacial score (nSPS) is 10.3. The molecule has 0 fully saturated rings. The molecule has 0 atom stereocenters. The molecule has 0 saturated heterocycles. The van der Waals surface area contributed by atoms with Gasteiger partial charge in [0.25, 0.3) is 0 Å². The maximum atomic E-state index is 3.83. The van der Waals surface area contributed by atoms with Gasteiger partial charge in [-0.3, -0.25) is 0 Å². The van der Waals surface area contributed by atoms with E-state index in [0.29, 0.717) is 0 Å². The summed E-state index contributed by atoms with van der Waals surface area (Å²) in [6, 6.07) is 0. The molecule has 0 aromatic rings. The molecule has 0 nitrogen and oxygen atoms in total. The van der Waals surface area contributed by atoms with Crippen LogP contribution >= 0.6 is 15.9 Å². The molecular formula is C12H23Br. The highest BCUT2D eigenvalue weighted by Crippen LogP contribution is 2.14. The van der Waals surface area contributed by atoms with Gasteiger partial charge >= 0.3 is 0 Å². The van der Waals surface area contributed by atoms with E-state index in [0.717, 1.165) is 10.9 Å². The summed E-state index contributed by atoms with van der Waals surface area (Å²) in [7, 11) is 0. The third kappa shape index (κ3) is 12.2. The monoisotopic (exact) mass is 246 g/mol. The van der Waals surface area contributed by atoms with Crippen molar-refractivity contribution in [1.82, 2.24) is 0 Å². The number of rotatable bonds is 9. The Morgan fingerprint density at radius 3 is 1.85 bits per heavy atom. The maximum Gasteiger partial charge on any atom is -0.0121 e. The highest BCUT2D eigenvalue weighted by Gasteiger charge is 1.92. The predicted octanol–water partition coefficient (Wildman–Crippen LogP) is 5.43. The van der Waals surface area contributed by atoms with Crippen LogP contribution in [0.5, 0.6) is 0 Å². The summed E-state index contributed by atoms with van der Waals surface area (Å²) in [6.07, 6.45) is 12.3. The first-order valence-corrected chi connectivity index (χ1v) is 6.40. The fourth-order valence-electron chi connectivity index (χ4n) is 1.45. The van der Waals surface area contributed by atoms with Crippen molar-refractivity contribution >= 4 is 15.9 Å². The Labute approximate surface area is 91.9 Å². The quantitative estimate of drug-likeness (QED) is 0.477. The Bertz CT molecular complexity index is 118. The van der Waals surface area contributed by atoms with Crippen LogP contribution in [0.1, 0.15) is 64.7 Å². The summed E-state index contributed by atoms with van der Waals surface area (Å²) < 4.78 is 1.15. The number of hydrogen-bond donors (Lipinski definition) is 0. The lowest BCUT2D eigenvalue weighted by molar-refractivity contribution is 0.577. The van der Waals surface area contributed by atoms with Gasteiger partial charge in [-0.1, -0.05) is 74.4 Å². The number of hydrogen-bond acceptors (Lipinski definition) is 0. The van der Waals surface area contributed by atoms with E-state index in [2.05, 4.69) is 29.4 Å². The zero-order valence-corrected chi connectivity index (χ0v) is 10.5. The zero-order valence-electron chi connectivity index (χ0n) is 8.95. The Kier molecular flexibility index (Phi) is 10.5. The van der Waals surface area contributed by atoms with E-state index < -0.39 is 0 Å². The molecule has 0 aromatic heterocycles. The summed E-state index contributed by atoms with van der Waals surface area (Å²) in [5.41, 5.74) is 0. The van der Waals surface area contributed by atoms with Crippen molar-refractivity contribution in [2.75, 3.05) is 0 Å². The molecule has 0 heterocycles. The second-order valence-corrected chi connectivity index (χ2v) is 4.86. The predicted molar refractivity (Wildman–Crippen MR) is 65.3 cm³/mol. The third-order valence-corrected chi connectivity index (χ3v) is 2.70. The average molecular weight is 247 g/mol. The van der Waals surface area contributed by atoms with Gasteiger partial charge in [0.05, 0.1) is 0 Å². The van der Waals surface area contributed by atoms with Crippen molar-refractivity contribution in [3.63, 3.8) is 0 Å². The van der Waals surface area contributed by atoms with E-state index in [9.17, 15) is 0 Å². The molecule has 0 N–H and O–H groups in total. The van der Waals surface area contributed by atoms with Crippen LogP contribution in [0.2, 0.25) is 0 Å². The fourth-order valence-corrected chi connectivity index (χ4v) is 1.73. The minimum atomic E-state index is 1.15. The van der Waals surface area contributed by atoms with Crippen LogP contribution in [0, 0.1) is 0 Å². The lowest BCUT2D eigenvalue weighted by Gasteiger charge is -2.00. The molecule has 0 amide bonds. The van der Waals surface area contributed by atoms with Crippen molar-refractivity contribution in [3.8, 4) is 0 Å². The van der Waals surface area contributed by atoms with Gasteiger partial charge in [-0.05, 0) is 17.3 Å². The Morgan fingerprint density at radius 2 is 1.38 bits per heavy atom. The average Bonchev–Trinajstić information content (AvgIpc) is 2.09. The third-order valence-electron chi connectivity index (χ3n) is 2.30. The lowest BCUT2D eigenvalue weighted by atomic mass is 10.1. The molecule has 1 heteroatoms. The van der Waals surface area contributed by atoms with Crippen molar-refractivity contribution in [2.45, 2.75) is 64.7 Å². The largest absolute Gasteiger partial charge is 0.0889 e. The minimum absolute atomic E-state index is 1.15. The van der Waals surface area contributed by atoms with Gasteiger partial charge in [0.2, 0.25) is 0 Å². The molecule has 0 bridgehead atoms. The van der Waals surface area contributed by atoms with E-state index in [1.807, 2.05) is 0 Å². The van der Waals surface area contributed by atoms with Crippen LogP contribution < -0.4 is 0 Å². The summed E-state index contributed by atoms with van der Waals surface area (Å²) in [5, 5.41) is 0. The van der Waals surface area contributed by atoms with Gasteiger partial charge in [-0.25, -0.2) is 0 Å². The second-order valence-electron chi connectivity index (χ2n) is 3.74. The van der Waals surface area contributed by atoms with E-state index in [4.69, 9.17) is 0 Å². The van der Waals surface area contributed by atoms with E-state index >= 15 is 0 Å². The Hall–Kier alpha value is 0.220. The number of unbranched alkanes of at least 4 members (excludes halogenated alkanes) is 7. The first kappa shape index (κ1) is 13.2. The molecule has 0 aliphatic heterocycles. The number of allylic oxidation sites excluding steroid dienone is 1. The van der Waals surface area contributed by atoms with Crippen molar-refractivity contribution in [2.24, 2.45) is 0 Å². The summed E-state index contributed by atoms with van der Waals surface area (Å²) in [5.74, 6) is 0. The van der Waals surface area contributed by atoms with E-state index in [1.165, 1.54) is 51.4 Å². The van der Waals surface area contributed by atoms with Crippen LogP contribution in [0.25, 0.3) is 0 Å². The molecule has 0 aliphatic rings. The molecule has 78 valence electrons. The first-order valence-electron chi connectivity index (χ1n) is 5.60. The standard InChI is InChI=1S/C12H23Br/c1-3-4-5-6-7-8-9-10-11-12(2)13/h2-11H2,1H3. The Balaban J connectivity index is 2.87. The smallest absolute Gasteiger partial charge is 0.0121 e. The molecule has 0 rings (SSSR count). The summed E-state index contributed by atoms with van der Waals surface area (Å²) >= 11 is 3.38. The molecule has 0 saturated carbocycles. The first-order chi connectivity index (χ1) is 6.27. The molecule has 0 radical (unpaired) electrons. The van der Waals surface area contributed by atoms with E-state index in [1.54, 1.807) is 0 Å². The molecule has 0 spiro atoms. The van der Waals surface area contributed by atoms with Crippen molar-refractivity contribution in [1.29, 1.82) is 0 Å². The van der Waals surface area contributed by atoms with Gasteiger partial charge in [0.15, 0.2) is 0 Å². The van der Waals surface area contributed by atoms with Gasteiger partial charge in [-0.15, -0.1) is 0 Å². The van der Waals surface area contributed by atoms with Gasteiger partial charge in [-0.2, -0.15) is 0 Å². The highest BCUT2D eigenvalue weighted by atomic mass is 79.9. The maximum absolute atomic E-state index is 3.83. The van der Waals surface area contributed by atoms with Gasteiger partial charge in [0.1, 0.15) is 0 Å². The van der Waals surface area contributed by atoms with Crippen molar-refractivity contribution in [3.05, 3.63) is 11.1 Å². The molecular weight excluding hydrogens is 224 g/mol. The van der Waals surface area contributed by atoms with Crippen molar-refractivity contribution < 1.29 is 0 Å². The summed E-state index contributed by atoms with van der Waals surface area (Å²) in [4.78, 5) is 0. The topological polar surface area (TPSA) is 0 Å². The molecule has 0 aliphatic carbocycles. The van der Waals surface area contributed by atoms with Crippen LogP contribution in [0.4, 0.5) is 0 Å². The van der Waals surface area contributed by atoms with Crippen LogP contribution in [0.3, 0.4) is 0 Å². The van der Waals surface area contributed by atoms with Crippen LogP contribution in [-0.2, 0) is 0 Å². The molecule has 0 unspecified atom stereocenters. The van der Waals surface area contributed by atoms with E-state index in [-0.39, 0.29) is 0 Å². The SMILES string of the molecule is C=C(Br)CCCCCCCCCC. The fraction of sp³-hybridized carbons (Fsp3) is 0.833. The van der Waals surface area contributed by atoms with Gasteiger partial charge in [0, 0.05) is 0 Å². The lowest BCUT2D eigenvalue weighted by Crippen LogP contribution is -1.80. The highest BCUT2D eigenvalue weighted by molar-refractivity contribution is 9.11. The zero-order chi connectivity index (χ0) is 9.94.